The Morgan fingerprint density at radius 1 is 1.34 bits per heavy atom. The highest BCUT2D eigenvalue weighted by Crippen LogP contribution is 2.36. The first kappa shape index (κ1) is 26.5. The van der Waals surface area contributed by atoms with Gasteiger partial charge in [0.1, 0.15) is 29.3 Å². The number of hydrogen-bond acceptors (Lipinski definition) is 8. The van der Waals surface area contributed by atoms with E-state index in [0.29, 0.717) is 9.40 Å². The van der Waals surface area contributed by atoms with Gasteiger partial charge in [0.05, 0.1) is 6.10 Å². The van der Waals surface area contributed by atoms with Crippen molar-refractivity contribution in [2.45, 2.75) is 44.0 Å². The summed E-state index contributed by atoms with van der Waals surface area (Å²) in [7, 11) is -2.95. The van der Waals surface area contributed by atoms with Crippen LogP contribution in [-0.4, -0.2) is 55.4 Å². The number of ether oxygens (including phenoxy) is 1. The number of benzene rings is 1. The number of carboxylic acid groups (broad SMARTS) is 1. The number of nitrogens with one attached hydrogen (secondary N) is 1. The average Bonchev–Trinajstić information content (AvgIpc) is 3.15. The Labute approximate surface area is 195 Å². The highest BCUT2D eigenvalue weighted by atomic mass is 31.1. The number of aliphatic hydroxyl groups is 1. The van der Waals surface area contributed by atoms with Crippen molar-refractivity contribution in [1.82, 2.24) is 14.4 Å². The average molecular weight is 522 g/mol. The van der Waals surface area contributed by atoms with Gasteiger partial charge in [0, 0.05) is 12.6 Å². The second kappa shape index (κ2) is 10.7. The lowest BCUT2D eigenvalue weighted by atomic mass is 10.2. The Balaban J connectivity index is 1.71. The van der Waals surface area contributed by atoms with Crippen molar-refractivity contribution in [1.29, 1.82) is 0 Å². The molecule has 0 bridgehead atoms. The molecule has 5 atom stereocenters. The fourth-order valence-corrected chi connectivity index (χ4v) is 4.00. The van der Waals surface area contributed by atoms with Crippen LogP contribution in [0.25, 0.3) is 0 Å². The molecule has 1 aromatic carbocycles. The molecule has 3 rings (SSSR count). The second-order valence-corrected chi connectivity index (χ2v) is 8.52. The van der Waals surface area contributed by atoms with Crippen LogP contribution in [0.4, 0.5) is 13.2 Å². The van der Waals surface area contributed by atoms with E-state index in [4.69, 9.17) is 14.1 Å². The van der Waals surface area contributed by atoms with E-state index in [-0.39, 0.29) is 18.4 Å². The molecule has 35 heavy (non-hydrogen) atoms. The van der Waals surface area contributed by atoms with Gasteiger partial charge in [-0.3, -0.25) is 19.1 Å². The second-order valence-electron chi connectivity index (χ2n) is 7.39. The monoisotopic (exact) mass is 522 g/mol. The lowest BCUT2D eigenvalue weighted by Gasteiger charge is -2.17. The number of halogens is 3. The maximum Gasteiger partial charge on any atom is 0.653 e. The van der Waals surface area contributed by atoms with E-state index in [1.165, 1.54) is 19.1 Å². The van der Waals surface area contributed by atoms with Crippen LogP contribution in [0, 0.1) is 0 Å². The van der Waals surface area contributed by atoms with Crippen LogP contribution >= 0.6 is 8.18 Å². The van der Waals surface area contributed by atoms with Gasteiger partial charge < -0.3 is 19.8 Å². The topological polar surface area (TPSA) is 160 Å². The zero-order valence-electron chi connectivity index (χ0n) is 17.9. The van der Waals surface area contributed by atoms with Crippen LogP contribution in [0.5, 0.6) is 5.75 Å². The number of carboxylic acids is 1. The lowest BCUT2D eigenvalue weighted by molar-refractivity contribution is -0.148. The van der Waals surface area contributed by atoms with E-state index < -0.39 is 68.2 Å². The standard InChI is InChI=1S/C19H19F3N3O9P/c1-10(17(28)29)25(34-11-5-3-2-4-6-11)35(31)32-9-14-13(26)7-15(33-14)24-8-12(19(20,21)22)16(27)23-18(24)30/h2-6,8,10,13-15,26H,7,9H2,1H3,(H-,23,27,28,29,30)/p+1/t10?,13-,14+,15+/m1/s1. The summed E-state index contributed by atoms with van der Waals surface area (Å²) in [6.45, 7) is 0.609. The van der Waals surface area contributed by atoms with Crippen molar-refractivity contribution in [2.24, 2.45) is 0 Å². The molecule has 1 fully saturated rings. The Morgan fingerprint density at radius 2 is 2.00 bits per heavy atom. The SMILES string of the molecule is CC(C(=O)O)N(Oc1ccccc1)[P+](=O)OC[C@@H]1O[C@H](n2cc(C(F)(F)F)c(=O)[nH]c2=O)C[C@H]1O. The number of hydroxylamine groups is 1. The minimum Gasteiger partial charge on any atom is -0.480 e. The number of rotatable bonds is 9. The van der Waals surface area contributed by atoms with Crippen molar-refractivity contribution in [3.8, 4) is 5.75 Å². The van der Waals surface area contributed by atoms with Gasteiger partial charge in [0.15, 0.2) is 11.8 Å². The molecule has 0 aliphatic carbocycles. The normalized spacial score (nSPS) is 21.7. The number of aliphatic carboxylic acids is 1. The molecule has 0 spiro atoms. The third kappa shape index (κ3) is 6.32. The number of para-hydroxylation sites is 1. The van der Waals surface area contributed by atoms with Gasteiger partial charge in [0.25, 0.3) is 5.56 Å². The number of nitrogens with zero attached hydrogens (tertiary/aromatic N) is 2. The summed E-state index contributed by atoms with van der Waals surface area (Å²) in [5, 5.41) is 19.5. The van der Waals surface area contributed by atoms with Crippen LogP contribution in [0.2, 0.25) is 0 Å². The van der Waals surface area contributed by atoms with Crippen LogP contribution in [0.1, 0.15) is 25.1 Å². The summed E-state index contributed by atoms with van der Waals surface area (Å²) in [4.78, 5) is 42.4. The summed E-state index contributed by atoms with van der Waals surface area (Å²) in [5.41, 5.74) is -4.44. The van der Waals surface area contributed by atoms with Gasteiger partial charge in [0.2, 0.25) is 0 Å². The summed E-state index contributed by atoms with van der Waals surface area (Å²) < 4.78 is 62.8. The van der Waals surface area contributed by atoms with Gasteiger partial charge in [-0.1, -0.05) is 18.2 Å². The van der Waals surface area contributed by atoms with Crippen molar-refractivity contribution in [3.63, 3.8) is 0 Å². The number of alkyl halides is 3. The molecule has 2 aromatic rings. The number of aromatic nitrogens is 2. The molecule has 2 unspecified atom stereocenters. The molecule has 1 aliphatic rings. The smallest absolute Gasteiger partial charge is 0.480 e. The third-order valence-electron chi connectivity index (χ3n) is 4.93. The molecule has 0 radical (unpaired) electrons. The molecule has 1 aliphatic heterocycles. The fraction of sp³-hybridized carbons (Fsp3) is 0.421. The highest BCUT2D eigenvalue weighted by Gasteiger charge is 2.45. The minimum atomic E-state index is -5.04. The first-order chi connectivity index (χ1) is 16.4. The van der Waals surface area contributed by atoms with Crippen LogP contribution in [0.15, 0.2) is 46.1 Å². The molecule has 0 amide bonds. The predicted molar refractivity (Wildman–Crippen MR) is 110 cm³/mol. The summed E-state index contributed by atoms with van der Waals surface area (Å²) >= 11 is 0. The van der Waals surface area contributed by atoms with Crippen molar-refractivity contribution in [2.75, 3.05) is 6.61 Å². The highest BCUT2D eigenvalue weighted by molar-refractivity contribution is 7.36. The van der Waals surface area contributed by atoms with Crippen molar-refractivity contribution in [3.05, 3.63) is 62.9 Å². The molecule has 3 N–H and O–H groups in total. The number of hydrogen-bond donors (Lipinski definition) is 3. The summed E-state index contributed by atoms with van der Waals surface area (Å²) in [6.07, 6.45) is -9.08. The van der Waals surface area contributed by atoms with Crippen LogP contribution in [0.3, 0.4) is 0 Å². The Bertz CT molecular complexity index is 1190. The molecule has 1 saturated heterocycles. The third-order valence-corrected chi connectivity index (χ3v) is 6.05. The molecule has 12 nitrogen and oxygen atoms in total. The molecule has 1 aromatic heterocycles. The van der Waals surface area contributed by atoms with Gasteiger partial charge in [-0.2, -0.15) is 13.2 Å². The zero-order valence-corrected chi connectivity index (χ0v) is 18.8. The van der Waals surface area contributed by atoms with E-state index in [0.717, 1.165) is 0 Å². The van der Waals surface area contributed by atoms with E-state index in [2.05, 4.69) is 0 Å². The van der Waals surface area contributed by atoms with E-state index in [9.17, 15) is 42.3 Å². The fourth-order valence-electron chi connectivity index (χ4n) is 3.07. The molecular formula is C19H20F3N3O9P+. The zero-order chi connectivity index (χ0) is 25.9. The predicted octanol–water partition coefficient (Wildman–Crippen LogP) is 1.65. The first-order valence-electron chi connectivity index (χ1n) is 9.99. The lowest BCUT2D eigenvalue weighted by Crippen LogP contribution is -2.37. The van der Waals surface area contributed by atoms with Gasteiger partial charge in [-0.15, -0.1) is 4.52 Å². The summed E-state index contributed by atoms with van der Waals surface area (Å²) in [5.74, 6) is -1.20. The van der Waals surface area contributed by atoms with Gasteiger partial charge in [-0.05, 0) is 23.6 Å². The molecule has 190 valence electrons. The Kier molecular flexibility index (Phi) is 8.07. The Hall–Kier alpha value is -3.10. The number of aromatic amines is 1. The number of aliphatic hydroxyl groups excluding tert-OH is 1. The van der Waals surface area contributed by atoms with E-state index >= 15 is 0 Å². The molecule has 2 heterocycles. The minimum absolute atomic E-state index is 0.169. The van der Waals surface area contributed by atoms with Crippen LogP contribution in [-0.2, 0) is 24.8 Å². The summed E-state index contributed by atoms with van der Waals surface area (Å²) in [6, 6.07) is 6.42. The number of H-pyrrole nitrogens is 1. The van der Waals surface area contributed by atoms with E-state index in [1.54, 1.807) is 23.2 Å². The van der Waals surface area contributed by atoms with Crippen molar-refractivity contribution >= 4 is 14.1 Å². The van der Waals surface area contributed by atoms with Crippen LogP contribution < -0.4 is 16.1 Å². The maximum atomic E-state index is 13.0. The molecular weight excluding hydrogens is 502 g/mol. The van der Waals surface area contributed by atoms with Gasteiger partial charge >= 0.3 is 26.0 Å². The molecule has 0 saturated carbocycles. The van der Waals surface area contributed by atoms with E-state index in [1.807, 2.05) is 0 Å². The maximum absolute atomic E-state index is 13.0. The molecule has 16 heteroatoms. The quantitative estimate of drug-likeness (QED) is 0.326. The Morgan fingerprint density at radius 3 is 2.60 bits per heavy atom. The number of carbonyl (C=O) groups is 1. The van der Waals surface area contributed by atoms with Crippen molar-refractivity contribution < 1.29 is 46.8 Å². The first-order valence-corrected chi connectivity index (χ1v) is 11.1. The largest absolute Gasteiger partial charge is 0.653 e. The van der Waals surface area contributed by atoms with Gasteiger partial charge in [-0.25, -0.2) is 4.79 Å².